The van der Waals surface area contributed by atoms with Gasteiger partial charge < -0.3 is 10.2 Å². The lowest BCUT2D eigenvalue weighted by molar-refractivity contribution is 0.0793. The molecule has 1 fully saturated rings. The number of carbonyl (C=O) groups excluding carboxylic acids is 1. The molecular weight excluding hydrogens is 336 g/mol. The van der Waals surface area contributed by atoms with Crippen LogP contribution in [-0.4, -0.2) is 34.1 Å². The van der Waals surface area contributed by atoms with Crippen LogP contribution >= 0.6 is 0 Å². The summed E-state index contributed by atoms with van der Waals surface area (Å²) < 4.78 is 0. The molecule has 1 saturated heterocycles. The molecule has 0 atom stereocenters. The first-order chi connectivity index (χ1) is 13.2. The fourth-order valence-corrected chi connectivity index (χ4v) is 3.26. The topological polar surface area (TPSA) is 58.1 Å². The number of hydrogen-bond acceptors (Lipinski definition) is 4. The molecule has 5 heteroatoms. The van der Waals surface area contributed by atoms with Gasteiger partial charge >= 0.3 is 0 Å². The number of nitrogens with one attached hydrogen (secondary N) is 1. The zero-order valence-electron chi connectivity index (χ0n) is 15.4. The molecule has 27 heavy (non-hydrogen) atoms. The average molecular weight is 358 g/mol. The van der Waals surface area contributed by atoms with Gasteiger partial charge in [0, 0.05) is 29.9 Å². The number of likely N-dealkylation sites (tertiary alicyclic amines) is 1. The summed E-state index contributed by atoms with van der Waals surface area (Å²) in [6.45, 7) is 3.76. The van der Waals surface area contributed by atoms with Gasteiger partial charge in [-0.15, -0.1) is 10.2 Å². The van der Waals surface area contributed by atoms with Crippen molar-refractivity contribution in [3.05, 3.63) is 71.8 Å². The van der Waals surface area contributed by atoms with E-state index in [1.807, 2.05) is 53.4 Å². The number of aromatic nitrogens is 2. The van der Waals surface area contributed by atoms with E-state index in [9.17, 15) is 4.79 Å². The number of aryl methyl sites for hydroxylation is 1. The van der Waals surface area contributed by atoms with Crippen molar-refractivity contribution >= 4 is 17.4 Å². The minimum Gasteiger partial charge on any atom is -0.339 e. The predicted octanol–water partition coefficient (Wildman–Crippen LogP) is 4.43. The Kier molecular flexibility index (Phi) is 4.83. The molecule has 1 amide bonds. The van der Waals surface area contributed by atoms with Crippen LogP contribution in [0.1, 0.15) is 28.8 Å². The van der Waals surface area contributed by atoms with E-state index in [0.717, 1.165) is 42.9 Å². The highest BCUT2D eigenvalue weighted by Crippen LogP contribution is 2.21. The average Bonchev–Trinajstić information content (AvgIpc) is 3.24. The van der Waals surface area contributed by atoms with Crippen molar-refractivity contribution in [2.75, 3.05) is 18.4 Å². The lowest BCUT2D eigenvalue weighted by atomic mass is 10.1. The number of benzene rings is 2. The molecule has 136 valence electrons. The molecule has 0 radical (unpaired) electrons. The van der Waals surface area contributed by atoms with Gasteiger partial charge in [0.1, 0.15) is 0 Å². The first-order valence-corrected chi connectivity index (χ1v) is 9.26. The first-order valence-electron chi connectivity index (χ1n) is 9.26. The second-order valence-electron chi connectivity index (χ2n) is 6.87. The molecule has 0 unspecified atom stereocenters. The maximum absolute atomic E-state index is 12.5. The Bertz CT molecular complexity index is 929. The fourth-order valence-electron chi connectivity index (χ4n) is 3.26. The molecular formula is C22H22N4O. The van der Waals surface area contributed by atoms with E-state index >= 15 is 0 Å². The predicted molar refractivity (Wildman–Crippen MR) is 107 cm³/mol. The zero-order valence-corrected chi connectivity index (χ0v) is 15.4. The summed E-state index contributed by atoms with van der Waals surface area (Å²) in [5.74, 6) is 0.744. The largest absolute Gasteiger partial charge is 0.339 e. The van der Waals surface area contributed by atoms with Gasteiger partial charge in [-0.05, 0) is 50.1 Å². The number of carbonyl (C=O) groups is 1. The molecule has 0 bridgehead atoms. The lowest BCUT2D eigenvalue weighted by Crippen LogP contribution is -2.27. The Morgan fingerprint density at radius 2 is 1.74 bits per heavy atom. The van der Waals surface area contributed by atoms with Gasteiger partial charge in [0.15, 0.2) is 5.82 Å². The smallest absolute Gasteiger partial charge is 0.253 e. The zero-order chi connectivity index (χ0) is 18.6. The van der Waals surface area contributed by atoms with Crippen molar-refractivity contribution in [2.24, 2.45) is 0 Å². The SMILES string of the molecule is Cc1ccc(-c2ccc(Nc3cccc(C(=O)N4CCCC4)c3)nn2)cc1. The molecule has 4 rings (SSSR count). The number of rotatable bonds is 4. The van der Waals surface area contributed by atoms with Gasteiger partial charge in [0.05, 0.1) is 5.69 Å². The van der Waals surface area contributed by atoms with E-state index in [0.29, 0.717) is 11.4 Å². The standard InChI is InChI=1S/C22H22N4O/c1-16-7-9-17(10-8-16)20-11-12-21(25-24-20)23-19-6-4-5-18(15-19)22(27)26-13-2-3-14-26/h4-12,15H,2-3,13-14H2,1H3,(H,23,25). The normalized spacial score (nSPS) is 13.6. The lowest BCUT2D eigenvalue weighted by Gasteiger charge is -2.15. The van der Waals surface area contributed by atoms with Crippen molar-refractivity contribution in [1.29, 1.82) is 0 Å². The van der Waals surface area contributed by atoms with Gasteiger partial charge in [-0.3, -0.25) is 4.79 Å². The van der Waals surface area contributed by atoms with Crippen LogP contribution in [0.15, 0.2) is 60.7 Å². The Morgan fingerprint density at radius 1 is 0.963 bits per heavy atom. The Balaban J connectivity index is 1.48. The third-order valence-electron chi connectivity index (χ3n) is 4.79. The maximum atomic E-state index is 12.5. The molecule has 2 heterocycles. The second kappa shape index (κ2) is 7.58. The van der Waals surface area contributed by atoms with E-state index in [4.69, 9.17) is 0 Å². The highest BCUT2D eigenvalue weighted by Gasteiger charge is 2.19. The Morgan fingerprint density at radius 3 is 2.44 bits per heavy atom. The van der Waals surface area contributed by atoms with Crippen molar-refractivity contribution in [1.82, 2.24) is 15.1 Å². The number of hydrogen-bond donors (Lipinski definition) is 1. The van der Waals surface area contributed by atoms with Crippen molar-refractivity contribution in [3.8, 4) is 11.3 Å². The molecule has 5 nitrogen and oxygen atoms in total. The Hall–Kier alpha value is -3.21. The molecule has 1 aliphatic rings. The van der Waals surface area contributed by atoms with Gasteiger partial charge in [-0.25, -0.2) is 0 Å². The van der Waals surface area contributed by atoms with Gasteiger partial charge in [0.25, 0.3) is 5.91 Å². The molecule has 1 aliphatic heterocycles. The molecule has 0 aliphatic carbocycles. The first kappa shape index (κ1) is 17.2. The number of anilines is 2. The van der Waals surface area contributed by atoms with Crippen LogP contribution in [0.25, 0.3) is 11.3 Å². The summed E-state index contributed by atoms with van der Waals surface area (Å²) in [5.41, 5.74) is 4.62. The number of nitrogens with zero attached hydrogens (tertiary/aromatic N) is 3. The van der Waals surface area contributed by atoms with Gasteiger partial charge in [-0.2, -0.15) is 0 Å². The van der Waals surface area contributed by atoms with Crippen LogP contribution in [0.4, 0.5) is 11.5 Å². The van der Waals surface area contributed by atoms with Crippen LogP contribution in [0.2, 0.25) is 0 Å². The van der Waals surface area contributed by atoms with E-state index in [1.165, 1.54) is 5.56 Å². The second-order valence-corrected chi connectivity index (χ2v) is 6.87. The van der Waals surface area contributed by atoms with Crippen LogP contribution in [0.5, 0.6) is 0 Å². The van der Waals surface area contributed by atoms with Crippen LogP contribution in [0, 0.1) is 6.92 Å². The summed E-state index contributed by atoms with van der Waals surface area (Å²) in [5, 5.41) is 11.8. The highest BCUT2D eigenvalue weighted by atomic mass is 16.2. The van der Waals surface area contributed by atoms with E-state index in [1.54, 1.807) is 0 Å². The van der Waals surface area contributed by atoms with E-state index in [-0.39, 0.29) is 5.91 Å². The quantitative estimate of drug-likeness (QED) is 0.749. The number of amides is 1. The molecule has 1 aromatic heterocycles. The highest BCUT2D eigenvalue weighted by molar-refractivity contribution is 5.95. The van der Waals surface area contributed by atoms with Gasteiger partial charge in [0.2, 0.25) is 0 Å². The minimum absolute atomic E-state index is 0.0944. The summed E-state index contributed by atoms with van der Waals surface area (Å²) >= 11 is 0. The summed E-state index contributed by atoms with van der Waals surface area (Å²) in [4.78, 5) is 14.5. The fraction of sp³-hybridized carbons (Fsp3) is 0.227. The molecule has 0 saturated carbocycles. The minimum atomic E-state index is 0.0944. The summed E-state index contributed by atoms with van der Waals surface area (Å²) in [7, 11) is 0. The monoisotopic (exact) mass is 358 g/mol. The third kappa shape index (κ3) is 3.97. The molecule has 0 spiro atoms. The summed E-state index contributed by atoms with van der Waals surface area (Å²) in [6.07, 6.45) is 2.18. The van der Waals surface area contributed by atoms with Crippen LogP contribution in [0.3, 0.4) is 0 Å². The molecule has 2 aromatic carbocycles. The molecule has 3 aromatic rings. The molecule has 1 N–H and O–H groups in total. The summed E-state index contributed by atoms with van der Waals surface area (Å²) in [6, 6.07) is 19.6. The van der Waals surface area contributed by atoms with E-state index in [2.05, 4.69) is 34.6 Å². The van der Waals surface area contributed by atoms with Crippen molar-refractivity contribution in [3.63, 3.8) is 0 Å². The Labute approximate surface area is 159 Å². The maximum Gasteiger partial charge on any atom is 0.253 e. The third-order valence-corrected chi connectivity index (χ3v) is 4.79. The van der Waals surface area contributed by atoms with Gasteiger partial charge in [-0.1, -0.05) is 35.9 Å². The van der Waals surface area contributed by atoms with Crippen molar-refractivity contribution in [2.45, 2.75) is 19.8 Å². The van der Waals surface area contributed by atoms with Crippen LogP contribution in [-0.2, 0) is 0 Å². The van der Waals surface area contributed by atoms with E-state index < -0.39 is 0 Å². The van der Waals surface area contributed by atoms with Crippen LogP contribution < -0.4 is 5.32 Å². The van der Waals surface area contributed by atoms with Crippen molar-refractivity contribution < 1.29 is 4.79 Å².